The number of pyridine rings is 1. The third-order valence-electron chi connectivity index (χ3n) is 1.90. The predicted molar refractivity (Wildman–Crippen MR) is 63.1 cm³/mol. The van der Waals surface area contributed by atoms with Crippen molar-refractivity contribution in [3.05, 3.63) is 40.9 Å². The van der Waals surface area contributed by atoms with Crippen LogP contribution in [0.2, 0.25) is 0 Å². The van der Waals surface area contributed by atoms with Gasteiger partial charge in [-0.1, -0.05) is 0 Å². The van der Waals surface area contributed by atoms with E-state index in [1.54, 1.807) is 6.20 Å². The number of nitrogens with zero attached hydrogens (tertiary/aromatic N) is 3. The average Bonchev–Trinajstić information content (AvgIpc) is 2.32. The van der Waals surface area contributed by atoms with Gasteiger partial charge in [-0.05, 0) is 39.8 Å². The van der Waals surface area contributed by atoms with Gasteiger partial charge in [0.1, 0.15) is 16.4 Å². The van der Waals surface area contributed by atoms with Crippen molar-refractivity contribution in [1.82, 2.24) is 15.0 Å². The summed E-state index contributed by atoms with van der Waals surface area (Å²) in [5, 5.41) is 1.03. The van der Waals surface area contributed by atoms with Gasteiger partial charge in [0.15, 0.2) is 0 Å². The molecule has 0 atom stereocenters. The van der Waals surface area contributed by atoms with Gasteiger partial charge in [0, 0.05) is 12.4 Å². The Labute approximate surface area is 113 Å². The Morgan fingerprint density at radius 3 is 2.44 bits per heavy atom. The minimum absolute atomic E-state index is 0.433. The molecule has 3 nitrogen and oxygen atoms in total. The standard InChI is InChI=1S/C10H5BrF3N3S/c11-7-4-15-5-17-9(7)18-8-2-1-6(3-16-8)10(12,13)14/h1-5H. The van der Waals surface area contributed by atoms with E-state index in [2.05, 4.69) is 30.9 Å². The van der Waals surface area contributed by atoms with Crippen LogP contribution in [0.4, 0.5) is 13.2 Å². The second-order valence-electron chi connectivity index (χ2n) is 3.16. The largest absolute Gasteiger partial charge is 0.417 e. The minimum Gasteiger partial charge on any atom is -0.249 e. The summed E-state index contributed by atoms with van der Waals surface area (Å²) in [4.78, 5) is 11.5. The fraction of sp³-hybridized carbons (Fsp3) is 0.100. The Balaban J connectivity index is 2.19. The molecule has 2 heterocycles. The maximum atomic E-state index is 12.3. The lowest BCUT2D eigenvalue weighted by Gasteiger charge is -2.06. The molecule has 0 unspecified atom stereocenters. The molecule has 2 rings (SSSR count). The normalized spacial score (nSPS) is 11.6. The molecule has 2 aromatic heterocycles. The number of hydrogen-bond acceptors (Lipinski definition) is 4. The highest BCUT2D eigenvalue weighted by Crippen LogP contribution is 2.32. The monoisotopic (exact) mass is 335 g/mol. The van der Waals surface area contributed by atoms with Gasteiger partial charge in [-0.3, -0.25) is 0 Å². The Kier molecular flexibility index (Phi) is 3.86. The molecule has 0 aliphatic heterocycles. The van der Waals surface area contributed by atoms with E-state index in [1.165, 1.54) is 12.4 Å². The third kappa shape index (κ3) is 3.20. The second-order valence-corrected chi connectivity index (χ2v) is 5.02. The molecule has 0 saturated carbocycles. The molecule has 94 valence electrons. The van der Waals surface area contributed by atoms with Crippen LogP contribution in [-0.2, 0) is 6.18 Å². The van der Waals surface area contributed by atoms with E-state index in [1.807, 2.05) is 0 Å². The zero-order valence-electron chi connectivity index (χ0n) is 8.65. The molecule has 0 saturated heterocycles. The van der Waals surface area contributed by atoms with Crippen molar-refractivity contribution in [1.29, 1.82) is 0 Å². The molecule has 0 spiro atoms. The average molecular weight is 336 g/mol. The van der Waals surface area contributed by atoms with Crippen LogP contribution in [0.3, 0.4) is 0 Å². The third-order valence-corrected chi connectivity index (χ3v) is 3.71. The van der Waals surface area contributed by atoms with Crippen LogP contribution in [0.5, 0.6) is 0 Å². The number of hydrogen-bond donors (Lipinski definition) is 0. The maximum absolute atomic E-state index is 12.3. The molecular weight excluding hydrogens is 331 g/mol. The summed E-state index contributed by atoms with van der Waals surface area (Å²) in [7, 11) is 0. The predicted octanol–water partition coefficient (Wildman–Crippen LogP) is 3.80. The summed E-state index contributed by atoms with van der Waals surface area (Å²) in [6, 6.07) is 2.30. The Morgan fingerprint density at radius 2 is 1.89 bits per heavy atom. The van der Waals surface area contributed by atoms with Gasteiger partial charge in [-0.15, -0.1) is 0 Å². The highest BCUT2D eigenvalue weighted by molar-refractivity contribution is 9.10. The molecule has 0 fully saturated rings. The number of aromatic nitrogens is 3. The van der Waals surface area contributed by atoms with Crippen molar-refractivity contribution in [2.75, 3.05) is 0 Å². The van der Waals surface area contributed by atoms with E-state index in [-0.39, 0.29) is 0 Å². The highest BCUT2D eigenvalue weighted by atomic mass is 79.9. The Hall–Kier alpha value is -1.15. The second kappa shape index (κ2) is 5.23. The first kappa shape index (κ1) is 13.3. The summed E-state index contributed by atoms with van der Waals surface area (Å²) in [6.07, 6.45) is -0.653. The SMILES string of the molecule is FC(F)(F)c1ccc(Sc2ncncc2Br)nc1. The molecule has 0 bridgehead atoms. The molecule has 0 N–H and O–H groups in total. The summed E-state index contributed by atoms with van der Waals surface area (Å²) in [5.41, 5.74) is -0.770. The smallest absolute Gasteiger partial charge is 0.249 e. The van der Waals surface area contributed by atoms with Gasteiger partial charge < -0.3 is 0 Å². The van der Waals surface area contributed by atoms with E-state index in [0.29, 0.717) is 14.5 Å². The molecule has 0 aliphatic rings. The molecule has 0 aromatic carbocycles. The lowest BCUT2D eigenvalue weighted by molar-refractivity contribution is -0.137. The fourth-order valence-electron chi connectivity index (χ4n) is 1.08. The Bertz CT molecular complexity index is 545. The van der Waals surface area contributed by atoms with Gasteiger partial charge in [0.05, 0.1) is 10.0 Å². The molecule has 18 heavy (non-hydrogen) atoms. The van der Waals surface area contributed by atoms with Crippen LogP contribution in [0.25, 0.3) is 0 Å². The van der Waals surface area contributed by atoms with Gasteiger partial charge in [0.2, 0.25) is 0 Å². The first-order chi connectivity index (χ1) is 8.47. The van der Waals surface area contributed by atoms with Crippen LogP contribution < -0.4 is 0 Å². The van der Waals surface area contributed by atoms with E-state index in [4.69, 9.17) is 0 Å². The lowest BCUT2D eigenvalue weighted by atomic mass is 10.3. The van der Waals surface area contributed by atoms with Crippen molar-refractivity contribution < 1.29 is 13.2 Å². The van der Waals surface area contributed by atoms with E-state index < -0.39 is 11.7 Å². The molecule has 8 heteroatoms. The van der Waals surface area contributed by atoms with Gasteiger partial charge in [0.25, 0.3) is 0 Å². The topological polar surface area (TPSA) is 38.7 Å². The van der Waals surface area contributed by atoms with Crippen LogP contribution in [0.1, 0.15) is 5.56 Å². The Morgan fingerprint density at radius 1 is 1.11 bits per heavy atom. The first-order valence-corrected chi connectivity index (χ1v) is 6.24. The van der Waals surface area contributed by atoms with Crippen molar-refractivity contribution in [3.8, 4) is 0 Å². The van der Waals surface area contributed by atoms with Crippen LogP contribution in [0.15, 0.2) is 45.4 Å². The first-order valence-electron chi connectivity index (χ1n) is 4.63. The molecule has 0 amide bonds. The van der Waals surface area contributed by atoms with Crippen molar-refractivity contribution in [2.24, 2.45) is 0 Å². The molecular formula is C10H5BrF3N3S. The van der Waals surface area contributed by atoms with E-state index in [0.717, 1.165) is 24.0 Å². The van der Waals surface area contributed by atoms with Crippen LogP contribution in [-0.4, -0.2) is 15.0 Å². The molecule has 0 radical (unpaired) electrons. The zero-order valence-corrected chi connectivity index (χ0v) is 11.1. The molecule has 2 aromatic rings. The fourth-order valence-corrected chi connectivity index (χ4v) is 2.24. The quantitative estimate of drug-likeness (QED) is 0.782. The van der Waals surface area contributed by atoms with E-state index in [9.17, 15) is 13.2 Å². The lowest BCUT2D eigenvalue weighted by Crippen LogP contribution is -2.05. The van der Waals surface area contributed by atoms with Crippen molar-refractivity contribution in [3.63, 3.8) is 0 Å². The summed E-state index contributed by atoms with van der Waals surface area (Å²) < 4.78 is 37.7. The maximum Gasteiger partial charge on any atom is 0.417 e. The summed E-state index contributed by atoms with van der Waals surface area (Å²) in [5.74, 6) is 0. The highest BCUT2D eigenvalue weighted by Gasteiger charge is 2.30. The molecule has 0 aliphatic carbocycles. The van der Waals surface area contributed by atoms with Crippen LogP contribution >= 0.6 is 27.7 Å². The van der Waals surface area contributed by atoms with Crippen LogP contribution in [0, 0.1) is 0 Å². The number of halogens is 4. The van der Waals surface area contributed by atoms with Gasteiger partial charge >= 0.3 is 6.18 Å². The van der Waals surface area contributed by atoms with Crippen molar-refractivity contribution in [2.45, 2.75) is 16.2 Å². The van der Waals surface area contributed by atoms with E-state index >= 15 is 0 Å². The van der Waals surface area contributed by atoms with Gasteiger partial charge in [-0.25, -0.2) is 15.0 Å². The minimum atomic E-state index is -4.37. The summed E-state index contributed by atoms with van der Waals surface area (Å²) in [6.45, 7) is 0. The number of alkyl halides is 3. The summed E-state index contributed by atoms with van der Waals surface area (Å²) >= 11 is 4.40. The van der Waals surface area contributed by atoms with Crippen molar-refractivity contribution >= 4 is 27.7 Å². The zero-order chi connectivity index (χ0) is 13.2. The number of rotatable bonds is 2. The van der Waals surface area contributed by atoms with Gasteiger partial charge in [-0.2, -0.15) is 13.2 Å².